The van der Waals surface area contributed by atoms with Gasteiger partial charge in [-0.05, 0) is 24.3 Å². The minimum atomic E-state index is -0.755. The number of rotatable bonds is 4. The molecule has 0 bridgehead atoms. The van der Waals surface area contributed by atoms with E-state index in [0.29, 0.717) is 18.4 Å². The highest BCUT2D eigenvalue weighted by Gasteiger charge is 2.33. The molecule has 1 aliphatic carbocycles. The molecular weight excluding hydrogens is 247 g/mol. The summed E-state index contributed by atoms with van der Waals surface area (Å²) in [6.07, 6.45) is 1.07. The summed E-state index contributed by atoms with van der Waals surface area (Å²) >= 11 is 5.61. The number of nitro benzene ring substituents is 1. The van der Waals surface area contributed by atoms with Crippen LogP contribution in [0.4, 0.5) is 15.8 Å². The van der Waals surface area contributed by atoms with Crippen molar-refractivity contribution in [2.24, 2.45) is 11.8 Å². The average Bonchev–Trinajstić information content (AvgIpc) is 2.96. The number of benzene rings is 1. The summed E-state index contributed by atoms with van der Waals surface area (Å²) in [6.45, 7) is 2.63. The van der Waals surface area contributed by atoms with Crippen LogP contribution in [-0.2, 0) is 0 Å². The van der Waals surface area contributed by atoms with Crippen LogP contribution < -0.4 is 5.32 Å². The maximum Gasteiger partial charge on any atom is 0.295 e. The third-order valence-electron chi connectivity index (χ3n) is 3.09. The number of halogens is 2. The van der Waals surface area contributed by atoms with Gasteiger partial charge in [0.05, 0.1) is 9.95 Å². The van der Waals surface area contributed by atoms with E-state index >= 15 is 0 Å². The highest BCUT2D eigenvalue weighted by atomic mass is 35.5. The van der Waals surface area contributed by atoms with Crippen molar-refractivity contribution < 1.29 is 9.31 Å². The van der Waals surface area contributed by atoms with Crippen molar-refractivity contribution in [2.45, 2.75) is 13.3 Å². The normalized spacial score (nSPS) is 22.3. The Morgan fingerprint density at radius 1 is 1.65 bits per heavy atom. The van der Waals surface area contributed by atoms with Crippen LogP contribution in [0.15, 0.2) is 12.1 Å². The monoisotopic (exact) mass is 258 g/mol. The first-order valence-corrected chi connectivity index (χ1v) is 5.74. The van der Waals surface area contributed by atoms with Crippen molar-refractivity contribution in [1.82, 2.24) is 0 Å². The van der Waals surface area contributed by atoms with Gasteiger partial charge in [-0.1, -0.05) is 18.5 Å². The molecule has 4 nitrogen and oxygen atoms in total. The smallest absolute Gasteiger partial charge is 0.295 e. The molecule has 1 aromatic rings. The van der Waals surface area contributed by atoms with E-state index in [4.69, 9.17) is 11.6 Å². The average molecular weight is 259 g/mol. The first-order valence-electron chi connectivity index (χ1n) is 5.37. The topological polar surface area (TPSA) is 55.2 Å². The van der Waals surface area contributed by atoms with Gasteiger partial charge in [-0.25, -0.2) is 4.39 Å². The Kier molecular flexibility index (Phi) is 3.19. The SMILES string of the molecule is CC1CC1CNc1c([N+](=O)[O-])ccc(Cl)c1F. The minimum Gasteiger partial charge on any atom is -0.377 e. The van der Waals surface area contributed by atoms with Gasteiger partial charge in [0.15, 0.2) is 11.5 Å². The minimum absolute atomic E-state index is 0.109. The lowest BCUT2D eigenvalue weighted by molar-refractivity contribution is -0.384. The Hall–Kier alpha value is -1.36. The molecule has 0 heterocycles. The van der Waals surface area contributed by atoms with Crippen molar-refractivity contribution in [3.63, 3.8) is 0 Å². The summed E-state index contributed by atoms with van der Waals surface area (Å²) < 4.78 is 13.7. The highest BCUT2D eigenvalue weighted by molar-refractivity contribution is 6.31. The van der Waals surface area contributed by atoms with E-state index in [1.807, 2.05) is 0 Å². The molecule has 0 spiro atoms. The molecule has 6 heteroatoms. The Balaban J connectivity index is 2.22. The Bertz CT molecular complexity index is 467. The van der Waals surface area contributed by atoms with E-state index < -0.39 is 10.7 Å². The molecule has 92 valence electrons. The van der Waals surface area contributed by atoms with Gasteiger partial charge in [-0.15, -0.1) is 0 Å². The van der Waals surface area contributed by atoms with E-state index in [2.05, 4.69) is 12.2 Å². The first-order chi connectivity index (χ1) is 8.00. The van der Waals surface area contributed by atoms with Gasteiger partial charge >= 0.3 is 0 Å². The van der Waals surface area contributed by atoms with Gasteiger partial charge in [0.25, 0.3) is 5.69 Å². The lowest BCUT2D eigenvalue weighted by Gasteiger charge is -2.08. The zero-order valence-corrected chi connectivity index (χ0v) is 10.00. The first kappa shape index (κ1) is 12.1. The lowest BCUT2D eigenvalue weighted by Crippen LogP contribution is -2.08. The van der Waals surface area contributed by atoms with Gasteiger partial charge in [0.1, 0.15) is 0 Å². The van der Waals surface area contributed by atoms with Crippen LogP contribution in [0.1, 0.15) is 13.3 Å². The third kappa shape index (κ3) is 2.49. The van der Waals surface area contributed by atoms with Crippen LogP contribution in [0.2, 0.25) is 5.02 Å². The van der Waals surface area contributed by atoms with Crippen LogP contribution in [0.5, 0.6) is 0 Å². The van der Waals surface area contributed by atoms with Gasteiger partial charge < -0.3 is 5.32 Å². The molecule has 2 rings (SSSR count). The van der Waals surface area contributed by atoms with Crippen molar-refractivity contribution in [3.05, 3.63) is 33.1 Å². The lowest BCUT2D eigenvalue weighted by atomic mass is 10.2. The molecule has 1 aliphatic rings. The molecule has 0 saturated heterocycles. The zero-order chi connectivity index (χ0) is 12.6. The van der Waals surface area contributed by atoms with E-state index in [-0.39, 0.29) is 16.4 Å². The second kappa shape index (κ2) is 4.49. The van der Waals surface area contributed by atoms with Crippen LogP contribution in [-0.4, -0.2) is 11.5 Å². The molecule has 0 radical (unpaired) electrons. The van der Waals surface area contributed by atoms with Gasteiger partial charge in [0.2, 0.25) is 0 Å². The molecule has 1 fully saturated rings. The summed E-state index contributed by atoms with van der Waals surface area (Å²) in [5.41, 5.74) is -0.387. The number of anilines is 1. The largest absolute Gasteiger partial charge is 0.377 e. The Labute approximate surface area is 103 Å². The van der Waals surface area contributed by atoms with Crippen LogP contribution in [0, 0.1) is 27.8 Å². The maximum absolute atomic E-state index is 13.7. The zero-order valence-electron chi connectivity index (χ0n) is 9.24. The molecule has 2 unspecified atom stereocenters. The number of hydrogen-bond donors (Lipinski definition) is 1. The van der Waals surface area contributed by atoms with Crippen LogP contribution in [0.25, 0.3) is 0 Å². The fourth-order valence-corrected chi connectivity index (χ4v) is 1.93. The fourth-order valence-electron chi connectivity index (χ4n) is 1.78. The fraction of sp³-hybridized carbons (Fsp3) is 0.455. The highest BCUT2D eigenvalue weighted by Crippen LogP contribution is 2.39. The molecular formula is C11H12ClFN2O2. The molecule has 17 heavy (non-hydrogen) atoms. The third-order valence-corrected chi connectivity index (χ3v) is 3.38. The van der Waals surface area contributed by atoms with Crippen molar-refractivity contribution in [3.8, 4) is 0 Å². The summed E-state index contributed by atoms with van der Waals surface area (Å²) in [5.74, 6) is 0.311. The number of nitrogens with one attached hydrogen (secondary N) is 1. The summed E-state index contributed by atoms with van der Waals surface area (Å²) in [7, 11) is 0. The van der Waals surface area contributed by atoms with Crippen molar-refractivity contribution >= 4 is 23.0 Å². The van der Waals surface area contributed by atoms with E-state index in [9.17, 15) is 14.5 Å². The molecule has 1 saturated carbocycles. The summed E-state index contributed by atoms with van der Waals surface area (Å²) in [6, 6.07) is 2.41. The Morgan fingerprint density at radius 2 is 2.29 bits per heavy atom. The van der Waals surface area contributed by atoms with Crippen LogP contribution in [0.3, 0.4) is 0 Å². The van der Waals surface area contributed by atoms with Crippen LogP contribution >= 0.6 is 11.6 Å². The predicted molar refractivity (Wildman–Crippen MR) is 63.8 cm³/mol. The molecule has 0 aromatic heterocycles. The summed E-state index contributed by atoms with van der Waals surface area (Å²) in [4.78, 5) is 10.2. The Morgan fingerprint density at radius 3 is 2.82 bits per heavy atom. The number of nitrogens with zero attached hydrogens (tertiary/aromatic N) is 1. The van der Waals surface area contributed by atoms with Crippen molar-refractivity contribution in [1.29, 1.82) is 0 Å². The number of nitro groups is 1. The van der Waals surface area contributed by atoms with Gasteiger partial charge in [-0.2, -0.15) is 0 Å². The van der Waals surface area contributed by atoms with Gasteiger partial charge in [0, 0.05) is 12.6 Å². The molecule has 1 N–H and O–H groups in total. The van der Waals surface area contributed by atoms with E-state index in [0.717, 1.165) is 6.42 Å². The van der Waals surface area contributed by atoms with Crippen molar-refractivity contribution in [2.75, 3.05) is 11.9 Å². The molecule has 1 aromatic carbocycles. The van der Waals surface area contributed by atoms with Gasteiger partial charge in [-0.3, -0.25) is 10.1 Å². The van der Waals surface area contributed by atoms with E-state index in [1.165, 1.54) is 12.1 Å². The second-order valence-electron chi connectivity index (χ2n) is 4.37. The van der Waals surface area contributed by atoms with E-state index in [1.54, 1.807) is 0 Å². The summed E-state index contributed by atoms with van der Waals surface area (Å²) in [5, 5.41) is 13.5. The predicted octanol–water partition coefficient (Wildman–Crippen LogP) is 3.46. The molecule has 2 atom stereocenters. The maximum atomic E-state index is 13.7. The standard InChI is InChI=1S/C11H12ClFN2O2/c1-6-4-7(6)5-14-11-9(15(16)17)3-2-8(12)10(11)13/h2-3,6-7,14H,4-5H2,1H3. The second-order valence-corrected chi connectivity index (χ2v) is 4.77. The quantitative estimate of drug-likeness (QED) is 0.665. The molecule has 0 amide bonds. The number of hydrogen-bond acceptors (Lipinski definition) is 3. The molecule has 0 aliphatic heterocycles.